The van der Waals surface area contributed by atoms with Crippen LogP contribution in [0.5, 0.6) is 0 Å². The van der Waals surface area contributed by atoms with E-state index in [2.05, 4.69) is 9.35 Å². The summed E-state index contributed by atoms with van der Waals surface area (Å²) < 4.78 is 24.1. The molecule has 0 fully saturated rings. The van der Waals surface area contributed by atoms with Gasteiger partial charge >= 0.3 is 173 Å². The number of rotatable bonds is 3. The molecule has 0 atom stereocenters. The van der Waals surface area contributed by atoms with Gasteiger partial charge in [0.1, 0.15) is 15.6 Å². The van der Waals surface area contributed by atoms with Gasteiger partial charge < -0.3 is 28.7 Å². The van der Waals surface area contributed by atoms with Crippen LogP contribution in [0.25, 0.3) is 0 Å². The van der Waals surface area contributed by atoms with Gasteiger partial charge in [0.05, 0.1) is 0 Å². The van der Waals surface area contributed by atoms with Gasteiger partial charge in [0.25, 0.3) is 0 Å². The van der Waals surface area contributed by atoms with E-state index in [4.69, 9.17) is 0 Å². The maximum absolute atomic E-state index is 9.40. The molecule has 14 heavy (non-hydrogen) atoms. The second kappa shape index (κ2) is 15.1. The van der Waals surface area contributed by atoms with Crippen LogP contribution in [0, 0.1) is 0 Å². The zero-order chi connectivity index (χ0) is 8.41. The molecule has 0 saturated heterocycles. The zero-order valence-electron chi connectivity index (χ0n) is 8.16. The van der Waals surface area contributed by atoms with Crippen molar-refractivity contribution in [1.29, 1.82) is 0 Å². The van der Waals surface area contributed by atoms with Crippen LogP contribution in [0.2, 0.25) is 0 Å². The second-order valence-electron chi connectivity index (χ2n) is 1.04. The minimum Gasteiger partial charge on any atom is -0.788 e. The van der Waals surface area contributed by atoms with E-state index in [1.54, 1.807) is 0 Å². The van der Waals surface area contributed by atoms with E-state index < -0.39 is 15.6 Å². The molecule has 0 unspecified atom stereocenters. The molecule has 0 N–H and O–H groups in total. The summed E-state index contributed by atoms with van der Waals surface area (Å²) in [5, 5.41) is 0. The third-order valence-electron chi connectivity index (χ3n) is 0.216. The Morgan fingerprint density at radius 1 is 0.714 bits per heavy atom. The molecule has 0 radical (unpaired) electrons. The van der Waals surface area contributed by atoms with Crippen LogP contribution in [0.15, 0.2) is 0 Å². The molecule has 0 bridgehead atoms. The summed E-state index contributed by atoms with van der Waals surface area (Å²) in [7, 11) is -11.1. The molecular formula is K3LiO8P2. The van der Waals surface area contributed by atoms with Crippen molar-refractivity contribution in [2.24, 2.45) is 0 Å². The normalized spacial score (nSPS) is 9.71. The van der Waals surface area contributed by atoms with E-state index in [9.17, 15) is 28.7 Å². The number of hydrogen-bond acceptors (Lipinski definition) is 8. The minimum atomic E-state index is -5.56. The fourth-order valence-electron chi connectivity index (χ4n) is 0.0816. The van der Waals surface area contributed by atoms with Crippen molar-refractivity contribution in [3.63, 3.8) is 0 Å². The van der Waals surface area contributed by atoms with Gasteiger partial charge in [0.15, 0.2) is 0 Å². The van der Waals surface area contributed by atoms with Crippen LogP contribution in [-0.4, -0.2) is 0 Å². The first-order valence-electron chi connectivity index (χ1n) is 1.63. The van der Waals surface area contributed by atoms with Crippen LogP contribution in [0.4, 0.5) is 0 Å². The van der Waals surface area contributed by atoms with Crippen LogP contribution in [0.3, 0.4) is 0 Å². The van der Waals surface area contributed by atoms with E-state index in [-0.39, 0.29) is 173 Å². The Morgan fingerprint density at radius 2 is 0.857 bits per heavy atom. The fraction of sp³-hybridized carbons (Fsp3) is 0. The Morgan fingerprint density at radius 3 is 0.929 bits per heavy atom. The number of hydrogen-bond donors (Lipinski definition) is 0. The molecule has 0 rings (SSSR count). The van der Waals surface area contributed by atoms with Crippen molar-refractivity contribution in [2.45, 2.75) is 0 Å². The van der Waals surface area contributed by atoms with Crippen LogP contribution < -0.4 is 193 Å². The summed E-state index contributed by atoms with van der Waals surface area (Å²) in [4.78, 5) is 37.6. The summed E-state index contributed by atoms with van der Waals surface area (Å²) in [6, 6.07) is 0. The van der Waals surface area contributed by atoms with Gasteiger partial charge in [0, 0.05) is 0 Å². The third-order valence-corrected chi connectivity index (χ3v) is 0.848. The maximum atomic E-state index is 9.40. The van der Waals surface area contributed by atoms with E-state index in [0.29, 0.717) is 0 Å². The Bertz CT molecular complexity index is 173. The molecule has 0 aromatic heterocycles. The van der Waals surface area contributed by atoms with Crippen LogP contribution >= 0.6 is 15.6 Å². The van der Waals surface area contributed by atoms with E-state index in [1.807, 2.05) is 0 Å². The second-order valence-corrected chi connectivity index (χ2v) is 3.13. The molecule has 0 aliphatic heterocycles. The third kappa shape index (κ3) is 30.6. The average Bonchev–Trinajstić information content (AvgIpc) is 1.57. The van der Waals surface area contributed by atoms with Gasteiger partial charge in [-0.15, -0.1) is 0 Å². The van der Waals surface area contributed by atoms with E-state index >= 15 is 0 Å². The Kier molecular flexibility index (Phi) is 34.5. The largest absolute Gasteiger partial charge is 1.00 e. The topological polar surface area (TPSA) is 145 Å². The van der Waals surface area contributed by atoms with Crippen molar-refractivity contribution in [3.8, 4) is 0 Å². The van der Waals surface area contributed by atoms with Crippen molar-refractivity contribution >= 4 is 15.6 Å². The van der Waals surface area contributed by atoms with Crippen LogP contribution in [0.1, 0.15) is 0 Å². The summed E-state index contributed by atoms with van der Waals surface area (Å²) in [6.45, 7) is 0. The van der Waals surface area contributed by atoms with Gasteiger partial charge in [-0.1, -0.05) is 0 Å². The molecule has 0 heterocycles. The van der Waals surface area contributed by atoms with Crippen molar-refractivity contribution in [3.05, 3.63) is 0 Å². The van der Waals surface area contributed by atoms with Gasteiger partial charge in [-0.2, -0.15) is 0 Å². The quantitative estimate of drug-likeness (QED) is 0.216. The first kappa shape index (κ1) is 31.9. The van der Waals surface area contributed by atoms with Gasteiger partial charge in [0.2, 0.25) is 0 Å². The molecule has 0 aliphatic rings. The molecule has 0 aliphatic carbocycles. The van der Waals surface area contributed by atoms with E-state index in [1.165, 1.54) is 0 Å². The molecule has 8 nitrogen and oxygen atoms in total. The number of phosphoric acid groups is 2. The first-order valence-corrected chi connectivity index (χ1v) is 4.55. The summed E-state index contributed by atoms with van der Waals surface area (Å²) in [6.07, 6.45) is 0. The van der Waals surface area contributed by atoms with Crippen LogP contribution in [-0.2, 0) is 18.5 Å². The smallest absolute Gasteiger partial charge is 0.788 e. The minimum absolute atomic E-state index is 0. The molecule has 0 aromatic rings. The molecule has 0 aromatic carbocycles. The predicted octanol–water partition coefficient (Wildman–Crippen LogP) is -15.4. The SMILES string of the molecule is O=P([O-])([O-])OOP(=O)([O-])[O-].[K+].[K+].[K+].[Li+]. The van der Waals surface area contributed by atoms with Gasteiger partial charge in [-0.25, -0.2) is 9.35 Å². The molecule has 62 valence electrons. The fourth-order valence-corrected chi connectivity index (χ4v) is 0.735. The molecule has 0 amide bonds. The molecule has 0 spiro atoms. The Labute approximate surface area is 220 Å². The Hall–Kier alpha value is 5.73. The Balaban J connectivity index is -0.0000000675. The van der Waals surface area contributed by atoms with Crippen molar-refractivity contribution in [1.82, 2.24) is 0 Å². The molecule has 14 heteroatoms. The monoisotopic (exact) mass is 314 g/mol. The van der Waals surface area contributed by atoms with E-state index in [0.717, 1.165) is 0 Å². The maximum Gasteiger partial charge on any atom is 1.00 e. The summed E-state index contributed by atoms with van der Waals surface area (Å²) in [5.74, 6) is 0. The molecule has 0 saturated carbocycles. The summed E-state index contributed by atoms with van der Waals surface area (Å²) in [5.41, 5.74) is 0. The van der Waals surface area contributed by atoms with Crippen molar-refractivity contribution in [2.75, 3.05) is 0 Å². The van der Waals surface area contributed by atoms with Gasteiger partial charge in [-0.3, -0.25) is 0 Å². The zero-order valence-corrected chi connectivity index (χ0v) is 19.3. The predicted molar refractivity (Wildman–Crippen MR) is 17.4 cm³/mol. The summed E-state index contributed by atoms with van der Waals surface area (Å²) >= 11 is 0. The standard InChI is InChI=1S/3K.Li.H4O8P2/c;;;;1-9(2,3)7-8-10(4,5)6/h;;;;(H2,1,2,3)(H2,4,5,6)/q4*+1;/p-4. The molecular weight excluding hydrogens is 314 g/mol. The average molecular weight is 314 g/mol. The first-order chi connectivity index (χ1) is 4.21. The van der Waals surface area contributed by atoms with Gasteiger partial charge in [-0.05, 0) is 0 Å². The van der Waals surface area contributed by atoms with Crippen molar-refractivity contribution < 1.29 is 211 Å².